The molecule has 0 unspecified atom stereocenters. The van der Waals surface area contributed by atoms with Crippen molar-refractivity contribution in [2.24, 2.45) is 0 Å². The lowest BCUT2D eigenvalue weighted by Gasteiger charge is -2.13. The number of aromatic carboxylic acids is 1. The Morgan fingerprint density at radius 3 is 2.24 bits per heavy atom. The summed E-state index contributed by atoms with van der Waals surface area (Å²) in [5.41, 5.74) is 1.26. The number of phenolic OH excluding ortho intramolecular Hbond substituents is 1. The van der Waals surface area contributed by atoms with E-state index in [1.807, 2.05) is 12.1 Å². The fraction of sp³-hybridized carbons (Fsp3) is 0.120. The van der Waals surface area contributed by atoms with Crippen molar-refractivity contribution in [2.45, 2.75) is 6.42 Å². The van der Waals surface area contributed by atoms with Crippen LogP contribution in [0.15, 0.2) is 60.7 Å². The number of carboxylic acid groups (broad SMARTS) is 1. The summed E-state index contributed by atoms with van der Waals surface area (Å²) in [5, 5.41) is 21.4. The van der Waals surface area contributed by atoms with Gasteiger partial charge in [-0.3, -0.25) is 19.3 Å². The number of carbonyl (C=O) groups is 4. The van der Waals surface area contributed by atoms with Crippen LogP contribution in [0.25, 0.3) is 0 Å². The number of amides is 3. The highest BCUT2D eigenvalue weighted by Crippen LogP contribution is 2.27. The molecular weight excluding hydrogens is 440 g/mol. The molecule has 0 fully saturated rings. The lowest BCUT2D eigenvalue weighted by atomic mass is 10.1. The number of carboxylic acids is 1. The fourth-order valence-corrected chi connectivity index (χ4v) is 3.63. The largest absolute Gasteiger partial charge is 0.506 e. The monoisotopic (exact) mass is 460 g/mol. The first-order valence-corrected chi connectivity index (χ1v) is 10.3. The number of nitrogens with one attached hydrogen (secondary N) is 1. The molecule has 1 aliphatic rings. The maximum absolute atomic E-state index is 12.9. The minimum Gasteiger partial charge on any atom is -0.506 e. The van der Waals surface area contributed by atoms with E-state index in [4.69, 9.17) is 9.84 Å². The van der Waals surface area contributed by atoms with E-state index >= 15 is 0 Å². The van der Waals surface area contributed by atoms with Gasteiger partial charge in [0.05, 0.1) is 29.5 Å². The molecule has 0 bridgehead atoms. The molecule has 9 heteroatoms. The van der Waals surface area contributed by atoms with Gasteiger partial charge in [0, 0.05) is 12.1 Å². The van der Waals surface area contributed by atoms with Gasteiger partial charge in [-0.25, -0.2) is 4.79 Å². The summed E-state index contributed by atoms with van der Waals surface area (Å²) in [6.07, 6.45) is 0.467. The zero-order chi connectivity index (χ0) is 24.4. The molecule has 0 saturated heterocycles. The Morgan fingerprint density at radius 1 is 0.912 bits per heavy atom. The van der Waals surface area contributed by atoms with Gasteiger partial charge in [0.25, 0.3) is 17.7 Å². The molecule has 0 aromatic heterocycles. The SMILES string of the molecule is COc1ccc(CCN2C(=O)c3ccc(C(=O)Nc4ccc(C(=O)O)cc4O)cc3C2=O)cc1. The lowest BCUT2D eigenvalue weighted by Crippen LogP contribution is -2.31. The molecule has 0 spiro atoms. The van der Waals surface area contributed by atoms with E-state index in [1.165, 1.54) is 30.3 Å². The number of carbonyl (C=O) groups excluding carboxylic acids is 3. The quantitative estimate of drug-likeness (QED) is 0.364. The summed E-state index contributed by atoms with van der Waals surface area (Å²) in [6.45, 7) is 0.185. The van der Waals surface area contributed by atoms with Gasteiger partial charge in [-0.2, -0.15) is 0 Å². The molecule has 3 N–H and O–H groups in total. The van der Waals surface area contributed by atoms with Gasteiger partial charge in [-0.1, -0.05) is 12.1 Å². The molecule has 0 radical (unpaired) electrons. The number of aromatic hydroxyl groups is 1. The maximum Gasteiger partial charge on any atom is 0.335 e. The van der Waals surface area contributed by atoms with Crippen LogP contribution in [0.2, 0.25) is 0 Å². The van der Waals surface area contributed by atoms with E-state index < -0.39 is 29.4 Å². The molecule has 9 nitrogen and oxygen atoms in total. The third-order valence-electron chi connectivity index (χ3n) is 5.51. The van der Waals surface area contributed by atoms with Crippen LogP contribution < -0.4 is 10.1 Å². The molecule has 3 amide bonds. The van der Waals surface area contributed by atoms with Crippen LogP contribution in [-0.4, -0.2) is 52.5 Å². The second-order valence-electron chi connectivity index (χ2n) is 7.61. The van der Waals surface area contributed by atoms with Crippen LogP contribution in [0.3, 0.4) is 0 Å². The van der Waals surface area contributed by atoms with Crippen molar-refractivity contribution < 1.29 is 34.1 Å². The van der Waals surface area contributed by atoms with Crippen molar-refractivity contribution in [3.05, 3.63) is 88.5 Å². The minimum atomic E-state index is -1.22. The minimum absolute atomic E-state index is 0.0130. The molecule has 3 aromatic carbocycles. The van der Waals surface area contributed by atoms with Crippen molar-refractivity contribution in [3.8, 4) is 11.5 Å². The first-order chi connectivity index (χ1) is 16.3. The van der Waals surface area contributed by atoms with Crippen molar-refractivity contribution >= 4 is 29.4 Å². The molecular formula is C25H20N2O7. The molecule has 0 aliphatic carbocycles. The Balaban J connectivity index is 1.48. The first kappa shape index (κ1) is 22.5. The Morgan fingerprint density at radius 2 is 1.59 bits per heavy atom. The van der Waals surface area contributed by atoms with E-state index in [0.29, 0.717) is 12.2 Å². The van der Waals surface area contributed by atoms with Gasteiger partial charge in [0.15, 0.2) is 0 Å². The number of imide groups is 1. The first-order valence-electron chi connectivity index (χ1n) is 10.3. The number of ether oxygens (including phenoxy) is 1. The van der Waals surface area contributed by atoms with Crippen LogP contribution in [0.1, 0.15) is 47.0 Å². The average molecular weight is 460 g/mol. The van der Waals surface area contributed by atoms with Gasteiger partial charge in [0.2, 0.25) is 0 Å². The molecule has 0 atom stereocenters. The standard InChI is InChI=1S/C25H20N2O7/c1-34-17-6-2-14(3-7-17)10-11-27-23(30)18-8-4-15(12-19(18)24(27)31)22(29)26-20-9-5-16(25(32)33)13-21(20)28/h2-9,12-13,28H,10-11H2,1H3,(H,26,29)(H,32,33). The van der Waals surface area contributed by atoms with Gasteiger partial charge in [0.1, 0.15) is 11.5 Å². The highest BCUT2D eigenvalue weighted by Gasteiger charge is 2.35. The summed E-state index contributed by atoms with van der Waals surface area (Å²) in [7, 11) is 1.57. The number of hydrogen-bond donors (Lipinski definition) is 3. The highest BCUT2D eigenvalue weighted by molar-refractivity contribution is 6.22. The Bertz CT molecular complexity index is 1320. The van der Waals surface area contributed by atoms with Crippen LogP contribution in [-0.2, 0) is 6.42 Å². The fourth-order valence-electron chi connectivity index (χ4n) is 3.63. The third kappa shape index (κ3) is 4.31. The number of nitrogens with zero attached hydrogens (tertiary/aromatic N) is 1. The predicted molar refractivity (Wildman–Crippen MR) is 122 cm³/mol. The molecule has 0 saturated carbocycles. The normalized spacial score (nSPS) is 12.4. The van der Waals surface area contributed by atoms with Crippen LogP contribution >= 0.6 is 0 Å². The summed E-state index contributed by atoms with van der Waals surface area (Å²) >= 11 is 0. The van der Waals surface area contributed by atoms with Gasteiger partial charge < -0.3 is 20.3 Å². The van der Waals surface area contributed by atoms with Crippen LogP contribution in [0.4, 0.5) is 5.69 Å². The van der Waals surface area contributed by atoms with Crippen molar-refractivity contribution in [3.63, 3.8) is 0 Å². The number of fused-ring (bicyclic) bond motifs is 1. The second-order valence-corrected chi connectivity index (χ2v) is 7.61. The van der Waals surface area contributed by atoms with E-state index in [9.17, 15) is 24.3 Å². The molecule has 34 heavy (non-hydrogen) atoms. The van der Waals surface area contributed by atoms with Gasteiger partial charge in [-0.15, -0.1) is 0 Å². The molecule has 3 aromatic rings. The summed E-state index contributed by atoms with van der Waals surface area (Å²) in [5.74, 6) is -2.46. The number of methoxy groups -OCH3 is 1. The molecule has 4 rings (SSSR count). The zero-order valence-electron chi connectivity index (χ0n) is 18.1. The van der Waals surface area contributed by atoms with Crippen LogP contribution in [0.5, 0.6) is 11.5 Å². The van der Waals surface area contributed by atoms with E-state index in [1.54, 1.807) is 19.2 Å². The van der Waals surface area contributed by atoms with Gasteiger partial charge >= 0.3 is 5.97 Å². The summed E-state index contributed by atoms with van der Waals surface area (Å²) in [4.78, 5) is 50.4. The second kappa shape index (κ2) is 9.07. The summed E-state index contributed by atoms with van der Waals surface area (Å²) in [6, 6.07) is 15.0. The van der Waals surface area contributed by atoms with Crippen molar-refractivity contribution in [1.29, 1.82) is 0 Å². The van der Waals surface area contributed by atoms with Crippen LogP contribution in [0, 0.1) is 0 Å². The van der Waals surface area contributed by atoms with E-state index in [-0.39, 0.29) is 34.5 Å². The maximum atomic E-state index is 12.9. The molecule has 172 valence electrons. The summed E-state index contributed by atoms with van der Waals surface area (Å²) < 4.78 is 5.12. The Labute approximate surface area is 194 Å². The topological polar surface area (TPSA) is 133 Å². The van der Waals surface area contributed by atoms with Crippen molar-refractivity contribution in [2.75, 3.05) is 19.0 Å². The van der Waals surface area contributed by atoms with Crippen molar-refractivity contribution in [1.82, 2.24) is 4.90 Å². The third-order valence-corrected chi connectivity index (χ3v) is 5.51. The smallest absolute Gasteiger partial charge is 0.335 e. The average Bonchev–Trinajstić information content (AvgIpc) is 3.08. The lowest BCUT2D eigenvalue weighted by molar-refractivity contribution is 0.0652. The number of hydrogen-bond acceptors (Lipinski definition) is 6. The number of benzene rings is 3. The van der Waals surface area contributed by atoms with Gasteiger partial charge in [-0.05, 0) is 60.5 Å². The highest BCUT2D eigenvalue weighted by atomic mass is 16.5. The Hall–Kier alpha value is -4.66. The number of anilines is 1. The van der Waals surface area contributed by atoms with E-state index in [0.717, 1.165) is 16.5 Å². The molecule has 1 aliphatic heterocycles. The predicted octanol–water partition coefficient (Wildman–Crippen LogP) is 3.19. The van der Waals surface area contributed by atoms with E-state index in [2.05, 4.69) is 5.32 Å². The number of phenols is 1. The Kier molecular flexibility index (Phi) is 6.01. The molecule has 1 heterocycles. The number of rotatable bonds is 7. The zero-order valence-corrected chi connectivity index (χ0v) is 18.1.